The second-order valence-corrected chi connectivity index (χ2v) is 5.90. The van der Waals surface area contributed by atoms with Crippen molar-refractivity contribution >= 4 is 5.91 Å². The smallest absolute Gasteiger partial charge is 0.275 e. The number of quaternary nitrogens is 1. The third kappa shape index (κ3) is 7.27. The molecule has 1 atom stereocenters. The summed E-state index contributed by atoms with van der Waals surface area (Å²) in [5.74, 6) is 1.63. The van der Waals surface area contributed by atoms with Gasteiger partial charge in [-0.3, -0.25) is 4.79 Å². The highest BCUT2D eigenvalue weighted by Gasteiger charge is 2.09. The Bertz CT molecular complexity index is 629. The number of hydrogen-bond acceptors (Lipinski definition) is 3. The number of carbonyl (C=O) groups is 1. The molecular formula is C20H27N2O3+. The highest BCUT2D eigenvalue weighted by molar-refractivity contribution is 5.76. The van der Waals surface area contributed by atoms with Crippen LogP contribution in [-0.2, 0) is 11.3 Å². The van der Waals surface area contributed by atoms with E-state index < -0.39 is 0 Å². The Kier molecular flexibility index (Phi) is 7.79. The molecule has 5 nitrogen and oxygen atoms in total. The van der Waals surface area contributed by atoms with E-state index in [1.54, 1.807) is 0 Å². The Morgan fingerprint density at radius 2 is 1.64 bits per heavy atom. The van der Waals surface area contributed by atoms with Gasteiger partial charge >= 0.3 is 0 Å². The summed E-state index contributed by atoms with van der Waals surface area (Å²) in [5.41, 5.74) is 1.23. The fourth-order valence-electron chi connectivity index (χ4n) is 2.50. The second-order valence-electron chi connectivity index (χ2n) is 5.90. The van der Waals surface area contributed by atoms with E-state index in [2.05, 4.69) is 17.4 Å². The molecule has 2 aromatic carbocycles. The quantitative estimate of drug-likeness (QED) is 0.639. The lowest BCUT2D eigenvalue weighted by atomic mass is 10.2. The van der Waals surface area contributed by atoms with Gasteiger partial charge in [-0.2, -0.15) is 0 Å². The van der Waals surface area contributed by atoms with Crippen LogP contribution in [-0.4, -0.2) is 39.3 Å². The summed E-state index contributed by atoms with van der Waals surface area (Å²) in [6, 6.07) is 17.7. The van der Waals surface area contributed by atoms with E-state index in [1.165, 1.54) is 5.56 Å². The highest BCUT2D eigenvalue weighted by Crippen LogP contribution is 2.17. The summed E-state index contributed by atoms with van der Waals surface area (Å²) < 4.78 is 11.0. The first-order valence-corrected chi connectivity index (χ1v) is 8.65. The molecule has 0 saturated heterocycles. The molecule has 0 aliphatic carbocycles. The molecule has 0 spiro atoms. The topological polar surface area (TPSA) is 52.0 Å². The first-order chi connectivity index (χ1) is 12.2. The third-order valence-corrected chi connectivity index (χ3v) is 3.64. The number of benzene rings is 2. The summed E-state index contributed by atoms with van der Waals surface area (Å²) in [4.78, 5) is 13.1. The van der Waals surface area contributed by atoms with E-state index in [-0.39, 0.29) is 5.91 Å². The average Bonchev–Trinajstić information content (AvgIpc) is 2.61. The summed E-state index contributed by atoms with van der Waals surface area (Å²) in [5, 5.41) is 2.89. The van der Waals surface area contributed by atoms with Gasteiger partial charge in [0, 0.05) is 5.56 Å². The molecule has 2 rings (SSSR count). The Labute approximate surface area is 149 Å². The standard InChI is InChI=1S/C20H26N2O3/c1-3-24-18-9-11-19(12-10-18)25-14-13-21-20(23)16-22(2)15-17-7-5-4-6-8-17/h4-12H,3,13-16H2,1-2H3,(H,21,23)/p+1. The number of rotatable bonds is 10. The van der Waals surface area contributed by atoms with Crippen LogP contribution in [0.25, 0.3) is 0 Å². The van der Waals surface area contributed by atoms with Gasteiger partial charge < -0.3 is 19.7 Å². The molecule has 0 saturated carbocycles. The van der Waals surface area contributed by atoms with E-state index in [1.807, 2.05) is 56.4 Å². The summed E-state index contributed by atoms with van der Waals surface area (Å²) in [6.07, 6.45) is 0. The second kappa shape index (κ2) is 10.4. The van der Waals surface area contributed by atoms with Crippen LogP contribution in [0.15, 0.2) is 54.6 Å². The largest absolute Gasteiger partial charge is 0.494 e. The van der Waals surface area contributed by atoms with Crippen molar-refractivity contribution in [1.29, 1.82) is 0 Å². The fourth-order valence-corrected chi connectivity index (χ4v) is 2.50. The maximum Gasteiger partial charge on any atom is 0.275 e. The van der Waals surface area contributed by atoms with Crippen LogP contribution in [0.3, 0.4) is 0 Å². The molecule has 134 valence electrons. The number of likely N-dealkylation sites (N-methyl/N-ethyl adjacent to an activating group) is 1. The number of amides is 1. The van der Waals surface area contributed by atoms with Gasteiger partial charge in [-0.25, -0.2) is 0 Å². The summed E-state index contributed by atoms with van der Waals surface area (Å²) in [6.45, 7) is 4.80. The van der Waals surface area contributed by atoms with E-state index in [4.69, 9.17) is 9.47 Å². The molecule has 0 aliphatic heterocycles. The molecule has 0 radical (unpaired) electrons. The van der Waals surface area contributed by atoms with Gasteiger partial charge in [-0.15, -0.1) is 0 Å². The Hall–Kier alpha value is -2.53. The van der Waals surface area contributed by atoms with Gasteiger partial charge in [0.1, 0.15) is 24.7 Å². The first kappa shape index (κ1) is 18.8. The predicted octanol–water partition coefficient (Wildman–Crippen LogP) is 1.30. The van der Waals surface area contributed by atoms with Gasteiger partial charge in [0.2, 0.25) is 0 Å². The van der Waals surface area contributed by atoms with Crippen molar-refractivity contribution in [2.24, 2.45) is 0 Å². The van der Waals surface area contributed by atoms with Crippen LogP contribution >= 0.6 is 0 Å². The Balaban J connectivity index is 1.61. The molecule has 0 fully saturated rings. The molecule has 2 N–H and O–H groups in total. The lowest BCUT2D eigenvalue weighted by molar-refractivity contribution is -0.885. The molecule has 1 unspecified atom stereocenters. The van der Waals surface area contributed by atoms with E-state index in [0.29, 0.717) is 26.3 Å². The molecule has 1 amide bonds. The zero-order valence-corrected chi connectivity index (χ0v) is 15.0. The normalized spacial score (nSPS) is 11.6. The SMILES string of the molecule is CCOc1ccc(OCCNC(=O)C[NH+](C)Cc2ccccc2)cc1. The number of carbonyl (C=O) groups excluding carboxylic acids is 1. The maximum atomic E-state index is 12.0. The minimum absolute atomic E-state index is 0.0312. The van der Waals surface area contributed by atoms with Crippen molar-refractivity contribution in [3.63, 3.8) is 0 Å². The van der Waals surface area contributed by atoms with Gasteiger partial charge in [-0.05, 0) is 31.2 Å². The van der Waals surface area contributed by atoms with Crippen LogP contribution < -0.4 is 19.7 Å². The van der Waals surface area contributed by atoms with Crippen molar-refractivity contribution in [2.45, 2.75) is 13.5 Å². The highest BCUT2D eigenvalue weighted by atomic mass is 16.5. The van der Waals surface area contributed by atoms with Gasteiger partial charge in [0.15, 0.2) is 6.54 Å². The van der Waals surface area contributed by atoms with E-state index in [0.717, 1.165) is 22.9 Å². The summed E-state index contributed by atoms with van der Waals surface area (Å²) in [7, 11) is 2.02. The van der Waals surface area contributed by atoms with Crippen LogP contribution in [0.1, 0.15) is 12.5 Å². The average molecular weight is 343 g/mol. The van der Waals surface area contributed by atoms with Gasteiger partial charge in [-0.1, -0.05) is 30.3 Å². The zero-order chi connectivity index (χ0) is 17.9. The minimum atomic E-state index is 0.0312. The fraction of sp³-hybridized carbons (Fsp3) is 0.350. The lowest BCUT2D eigenvalue weighted by Crippen LogP contribution is -3.08. The van der Waals surface area contributed by atoms with Crippen LogP contribution in [0.4, 0.5) is 0 Å². The molecule has 2 aromatic rings. The van der Waals surface area contributed by atoms with Crippen molar-refractivity contribution < 1.29 is 19.2 Å². The van der Waals surface area contributed by atoms with Crippen LogP contribution in [0.2, 0.25) is 0 Å². The third-order valence-electron chi connectivity index (χ3n) is 3.64. The Morgan fingerprint density at radius 1 is 1.00 bits per heavy atom. The van der Waals surface area contributed by atoms with Gasteiger partial charge in [0.25, 0.3) is 5.91 Å². The number of nitrogens with one attached hydrogen (secondary N) is 2. The molecule has 0 bridgehead atoms. The van der Waals surface area contributed by atoms with E-state index in [9.17, 15) is 4.79 Å². The molecule has 25 heavy (non-hydrogen) atoms. The Morgan fingerprint density at radius 3 is 2.28 bits per heavy atom. The molecule has 0 aromatic heterocycles. The van der Waals surface area contributed by atoms with Crippen LogP contribution in [0, 0.1) is 0 Å². The molecule has 5 heteroatoms. The van der Waals surface area contributed by atoms with Crippen LogP contribution in [0.5, 0.6) is 11.5 Å². The zero-order valence-electron chi connectivity index (χ0n) is 15.0. The number of ether oxygens (including phenoxy) is 2. The van der Waals surface area contributed by atoms with Gasteiger partial charge in [0.05, 0.1) is 20.2 Å². The van der Waals surface area contributed by atoms with Crippen molar-refractivity contribution in [3.05, 3.63) is 60.2 Å². The van der Waals surface area contributed by atoms with E-state index >= 15 is 0 Å². The monoisotopic (exact) mass is 343 g/mol. The van der Waals surface area contributed by atoms with Crippen molar-refractivity contribution in [3.8, 4) is 11.5 Å². The maximum absolute atomic E-state index is 12.0. The van der Waals surface area contributed by atoms with Crippen molar-refractivity contribution in [1.82, 2.24) is 5.32 Å². The van der Waals surface area contributed by atoms with Crippen molar-refractivity contribution in [2.75, 3.05) is 33.4 Å². The molecular weight excluding hydrogens is 316 g/mol. The lowest BCUT2D eigenvalue weighted by Gasteiger charge is -2.14. The summed E-state index contributed by atoms with van der Waals surface area (Å²) >= 11 is 0. The number of hydrogen-bond donors (Lipinski definition) is 2. The minimum Gasteiger partial charge on any atom is -0.494 e. The molecule has 0 aliphatic rings. The predicted molar refractivity (Wildman–Crippen MR) is 98.0 cm³/mol. The first-order valence-electron chi connectivity index (χ1n) is 8.65. The molecule has 0 heterocycles.